The van der Waals surface area contributed by atoms with Crippen LogP contribution in [0.3, 0.4) is 0 Å². The molecule has 0 fully saturated rings. The van der Waals surface area contributed by atoms with Crippen LogP contribution >= 0.6 is 0 Å². The summed E-state index contributed by atoms with van der Waals surface area (Å²) in [6, 6.07) is 4.28. The highest BCUT2D eigenvalue weighted by atomic mass is 14.8. The van der Waals surface area contributed by atoms with Gasteiger partial charge in [-0.15, -0.1) is 0 Å². The maximum Gasteiger partial charge on any atom is 0.137 e. The first-order chi connectivity index (χ1) is 6.31. The van der Waals surface area contributed by atoms with Gasteiger partial charge in [-0.3, -0.25) is 0 Å². The Hall–Kier alpha value is -1.31. The van der Waals surface area contributed by atoms with Crippen LogP contribution in [-0.2, 0) is 0 Å². The van der Waals surface area contributed by atoms with E-state index in [2.05, 4.69) is 35.9 Å². The highest BCUT2D eigenvalue weighted by Gasteiger charge is 2.04. The van der Waals surface area contributed by atoms with Crippen LogP contribution in [0, 0.1) is 0 Å². The molecule has 2 aromatic rings. The van der Waals surface area contributed by atoms with Gasteiger partial charge in [0.05, 0.1) is 0 Å². The molecule has 1 atom stereocenters. The zero-order valence-corrected chi connectivity index (χ0v) is 8.04. The highest BCUT2D eigenvalue weighted by Crippen LogP contribution is 2.20. The van der Waals surface area contributed by atoms with E-state index < -0.39 is 0 Å². The number of pyridine rings is 1. The maximum absolute atomic E-state index is 4.35. The van der Waals surface area contributed by atoms with Crippen molar-refractivity contribution in [3.8, 4) is 0 Å². The quantitative estimate of drug-likeness (QED) is 0.744. The number of aromatic amines is 1. The average molecular weight is 174 g/mol. The first-order valence-corrected chi connectivity index (χ1v) is 4.74. The van der Waals surface area contributed by atoms with Crippen molar-refractivity contribution in [3.63, 3.8) is 0 Å². The van der Waals surface area contributed by atoms with Crippen molar-refractivity contribution in [2.45, 2.75) is 26.2 Å². The van der Waals surface area contributed by atoms with E-state index in [0.717, 1.165) is 12.1 Å². The Bertz CT molecular complexity index is 403. The van der Waals surface area contributed by atoms with E-state index in [-0.39, 0.29) is 0 Å². The van der Waals surface area contributed by atoms with Crippen molar-refractivity contribution in [3.05, 3.63) is 30.1 Å². The summed E-state index contributed by atoms with van der Waals surface area (Å²) >= 11 is 0. The standard InChI is InChI=1S/C11H14N2/c1-3-8(2)10-6-9-4-5-12-11(9)13-7-10/h4-8H,3H2,1-2H3,(H,12,13). The number of nitrogens with one attached hydrogen (secondary N) is 1. The van der Waals surface area contributed by atoms with Crippen LogP contribution in [-0.4, -0.2) is 9.97 Å². The van der Waals surface area contributed by atoms with Crippen LogP contribution < -0.4 is 0 Å². The Balaban J connectivity index is 2.48. The van der Waals surface area contributed by atoms with Crippen molar-refractivity contribution in [2.24, 2.45) is 0 Å². The van der Waals surface area contributed by atoms with Gasteiger partial charge in [0.1, 0.15) is 5.65 Å². The SMILES string of the molecule is CCC(C)c1cnc2[nH]ccc2c1. The zero-order valence-electron chi connectivity index (χ0n) is 8.04. The Morgan fingerprint density at radius 2 is 2.38 bits per heavy atom. The first kappa shape index (κ1) is 8.30. The summed E-state index contributed by atoms with van der Waals surface area (Å²) in [5.41, 5.74) is 2.31. The largest absolute Gasteiger partial charge is 0.346 e. The van der Waals surface area contributed by atoms with Gasteiger partial charge >= 0.3 is 0 Å². The van der Waals surface area contributed by atoms with Crippen LogP contribution in [0.5, 0.6) is 0 Å². The van der Waals surface area contributed by atoms with E-state index in [1.54, 1.807) is 0 Å². The lowest BCUT2D eigenvalue weighted by molar-refractivity contribution is 0.731. The van der Waals surface area contributed by atoms with Gasteiger partial charge in [-0.25, -0.2) is 4.98 Å². The third-order valence-corrected chi connectivity index (χ3v) is 2.60. The van der Waals surface area contributed by atoms with Gasteiger partial charge < -0.3 is 4.98 Å². The lowest BCUT2D eigenvalue weighted by Gasteiger charge is -2.07. The van der Waals surface area contributed by atoms with E-state index in [1.165, 1.54) is 10.9 Å². The molecule has 0 amide bonds. The van der Waals surface area contributed by atoms with Crippen molar-refractivity contribution in [2.75, 3.05) is 0 Å². The van der Waals surface area contributed by atoms with Crippen LogP contribution in [0.4, 0.5) is 0 Å². The number of nitrogens with zero attached hydrogens (tertiary/aromatic N) is 1. The summed E-state index contributed by atoms with van der Waals surface area (Å²) in [4.78, 5) is 7.45. The van der Waals surface area contributed by atoms with E-state index >= 15 is 0 Å². The summed E-state index contributed by atoms with van der Waals surface area (Å²) < 4.78 is 0. The molecule has 2 heteroatoms. The molecule has 68 valence electrons. The molecule has 13 heavy (non-hydrogen) atoms. The van der Waals surface area contributed by atoms with Gasteiger partial charge in [-0.05, 0) is 30.0 Å². The highest BCUT2D eigenvalue weighted by molar-refractivity contribution is 5.75. The van der Waals surface area contributed by atoms with Crippen molar-refractivity contribution in [1.82, 2.24) is 9.97 Å². The molecule has 0 radical (unpaired) electrons. The number of H-pyrrole nitrogens is 1. The minimum absolute atomic E-state index is 0.604. The molecule has 2 heterocycles. The summed E-state index contributed by atoms with van der Waals surface area (Å²) in [5.74, 6) is 0.604. The van der Waals surface area contributed by atoms with Gasteiger partial charge in [0.15, 0.2) is 0 Å². The predicted molar refractivity (Wildman–Crippen MR) is 54.8 cm³/mol. The monoisotopic (exact) mass is 174 g/mol. The topological polar surface area (TPSA) is 28.7 Å². The van der Waals surface area contributed by atoms with E-state index in [1.807, 2.05) is 12.4 Å². The van der Waals surface area contributed by atoms with E-state index in [0.29, 0.717) is 5.92 Å². The lowest BCUT2D eigenvalue weighted by Crippen LogP contribution is -1.91. The van der Waals surface area contributed by atoms with Crippen LogP contribution in [0.15, 0.2) is 24.5 Å². The number of hydrogen-bond acceptors (Lipinski definition) is 1. The van der Waals surface area contributed by atoms with Crippen molar-refractivity contribution in [1.29, 1.82) is 0 Å². The summed E-state index contributed by atoms with van der Waals surface area (Å²) in [6.45, 7) is 4.43. The normalized spacial score (nSPS) is 13.4. The number of aromatic nitrogens is 2. The number of fused-ring (bicyclic) bond motifs is 1. The fourth-order valence-electron chi connectivity index (χ4n) is 1.46. The Kier molecular flexibility index (Phi) is 2.05. The molecule has 2 rings (SSSR count). The van der Waals surface area contributed by atoms with Crippen molar-refractivity contribution >= 4 is 11.0 Å². The second-order valence-electron chi connectivity index (χ2n) is 3.49. The van der Waals surface area contributed by atoms with Crippen LogP contribution in [0.25, 0.3) is 11.0 Å². The smallest absolute Gasteiger partial charge is 0.137 e. The van der Waals surface area contributed by atoms with Gasteiger partial charge in [0, 0.05) is 17.8 Å². The second-order valence-corrected chi connectivity index (χ2v) is 3.49. The molecule has 0 saturated carbocycles. The van der Waals surface area contributed by atoms with Gasteiger partial charge in [0.2, 0.25) is 0 Å². The summed E-state index contributed by atoms with van der Waals surface area (Å²) in [7, 11) is 0. The molecule has 0 aliphatic rings. The predicted octanol–water partition coefficient (Wildman–Crippen LogP) is 3.08. The molecular formula is C11H14N2. The fourth-order valence-corrected chi connectivity index (χ4v) is 1.46. The summed E-state index contributed by atoms with van der Waals surface area (Å²) in [5, 5.41) is 1.21. The maximum atomic E-state index is 4.35. The summed E-state index contributed by atoms with van der Waals surface area (Å²) in [6.07, 6.45) is 5.06. The van der Waals surface area contributed by atoms with Crippen LogP contribution in [0.2, 0.25) is 0 Å². The third kappa shape index (κ3) is 1.44. The third-order valence-electron chi connectivity index (χ3n) is 2.60. The molecule has 0 spiro atoms. The molecule has 0 bridgehead atoms. The molecule has 0 aliphatic heterocycles. The van der Waals surface area contributed by atoms with Gasteiger partial charge in [0.25, 0.3) is 0 Å². The molecular weight excluding hydrogens is 160 g/mol. The molecule has 0 aliphatic carbocycles. The molecule has 1 unspecified atom stereocenters. The minimum atomic E-state index is 0.604. The van der Waals surface area contributed by atoms with Crippen molar-refractivity contribution < 1.29 is 0 Å². The Morgan fingerprint density at radius 1 is 1.54 bits per heavy atom. The van der Waals surface area contributed by atoms with E-state index in [9.17, 15) is 0 Å². The number of hydrogen-bond donors (Lipinski definition) is 1. The molecule has 0 aromatic carbocycles. The molecule has 0 saturated heterocycles. The Labute approximate surface area is 78.0 Å². The van der Waals surface area contributed by atoms with Crippen LogP contribution in [0.1, 0.15) is 31.7 Å². The fraction of sp³-hybridized carbons (Fsp3) is 0.364. The molecule has 2 aromatic heterocycles. The van der Waals surface area contributed by atoms with Gasteiger partial charge in [-0.2, -0.15) is 0 Å². The second kappa shape index (κ2) is 3.21. The first-order valence-electron chi connectivity index (χ1n) is 4.74. The Morgan fingerprint density at radius 3 is 3.15 bits per heavy atom. The lowest BCUT2D eigenvalue weighted by atomic mass is 10.00. The molecule has 1 N–H and O–H groups in total. The zero-order chi connectivity index (χ0) is 9.26. The number of rotatable bonds is 2. The molecule has 2 nitrogen and oxygen atoms in total. The minimum Gasteiger partial charge on any atom is -0.346 e. The van der Waals surface area contributed by atoms with E-state index in [4.69, 9.17) is 0 Å². The van der Waals surface area contributed by atoms with Gasteiger partial charge in [-0.1, -0.05) is 13.8 Å². The average Bonchev–Trinajstić information content (AvgIpc) is 2.63.